The summed E-state index contributed by atoms with van der Waals surface area (Å²) in [7, 11) is -4.97. The van der Waals surface area contributed by atoms with Gasteiger partial charge in [0.15, 0.2) is 11.4 Å². The summed E-state index contributed by atoms with van der Waals surface area (Å²) in [5.41, 5.74) is 1.26. The van der Waals surface area contributed by atoms with Crippen LogP contribution in [-0.4, -0.2) is 24.6 Å². The van der Waals surface area contributed by atoms with Gasteiger partial charge < -0.3 is 14.3 Å². The first-order chi connectivity index (χ1) is 19.8. The normalized spacial score (nSPS) is 12.3. The summed E-state index contributed by atoms with van der Waals surface area (Å²) < 4.78 is 29.5. The fourth-order valence-corrected chi connectivity index (χ4v) is 11.9. The first-order valence-electron chi connectivity index (χ1n) is 17.7. The van der Waals surface area contributed by atoms with E-state index < -0.39 is 14.3 Å². The van der Waals surface area contributed by atoms with Crippen LogP contribution in [0.5, 0.6) is 0 Å². The van der Waals surface area contributed by atoms with E-state index in [9.17, 15) is 14.3 Å². The second kappa shape index (κ2) is 23.8. The Labute approximate surface area is 255 Å². The molecule has 0 amide bonds. The van der Waals surface area contributed by atoms with Crippen molar-refractivity contribution in [2.75, 3.05) is 24.6 Å². The third-order valence-corrected chi connectivity index (χ3v) is 15.0. The molecule has 0 aliphatic carbocycles. The Morgan fingerprint density at radius 1 is 0.488 bits per heavy atom. The summed E-state index contributed by atoms with van der Waals surface area (Å²) in [5, 5.41) is 13.7. The number of rotatable bonds is 28. The molecular weight excluding hydrogens is 544 g/mol. The van der Waals surface area contributed by atoms with E-state index in [1.54, 1.807) is 0 Å². The number of hydrogen-bond acceptors (Lipinski definition) is 3. The molecule has 0 aliphatic heterocycles. The first kappa shape index (κ1) is 38.4. The molecule has 0 atom stereocenters. The van der Waals surface area contributed by atoms with Gasteiger partial charge in [-0.05, 0) is 31.7 Å². The summed E-state index contributed by atoms with van der Waals surface area (Å²) in [6.45, 7) is 8.88. The molecule has 0 N–H and O–H groups in total. The largest absolute Gasteiger partial charge is 0.618 e. The minimum Gasteiger partial charge on any atom is -0.618 e. The van der Waals surface area contributed by atoms with Crippen LogP contribution in [0.3, 0.4) is 0 Å². The Bertz CT molecular complexity index is 771. The van der Waals surface area contributed by atoms with Crippen molar-refractivity contribution in [3.8, 4) is 0 Å². The van der Waals surface area contributed by atoms with Gasteiger partial charge in [-0.3, -0.25) is 0 Å². The third kappa shape index (κ3) is 18.0. The maximum absolute atomic E-state index is 14.2. The highest BCUT2D eigenvalue weighted by molar-refractivity contribution is 7.63. The van der Waals surface area contributed by atoms with E-state index in [2.05, 4.69) is 27.7 Å². The van der Waals surface area contributed by atoms with Crippen LogP contribution >= 0.6 is 14.3 Å². The minimum atomic E-state index is -2.48. The number of aromatic nitrogens is 1. The number of unbranched alkanes of at least 4 members (excludes halogenated alkanes) is 16. The van der Waals surface area contributed by atoms with Crippen molar-refractivity contribution in [2.24, 2.45) is 0 Å². The highest BCUT2D eigenvalue weighted by atomic mass is 31.2. The van der Waals surface area contributed by atoms with Crippen molar-refractivity contribution in [2.45, 2.75) is 168 Å². The Morgan fingerprint density at radius 2 is 0.756 bits per heavy atom. The molecule has 4 nitrogen and oxygen atoms in total. The molecule has 1 heterocycles. The quantitative estimate of drug-likeness (QED) is 0.0410. The van der Waals surface area contributed by atoms with E-state index in [1.165, 1.54) is 77.0 Å². The molecule has 0 aromatic carbocycles. The van der Waals surface area contributed by atoms with Crippen LogP contribution in [0.4, 0.5) is 0 Å². The van der Waals surface area contributed by atoms with Crippen molar-refractivity contribution < 1.29 is 13.9 Å². The molecule has 0 saturated carbocycles. The van der Waals surface area contributed by atoms with Crippen LogP contribution in [0.1, 0.15) is 167 Å². The molecule has 0 radical (unpaired) electrons. The number of pyridine rings is 1. The Balaban J connectivity index is 3.00. The van der Waals surface area contributed by atoms with Crippen LogP contribution in [0.2, 0.25) is 0 Å². The molecule has 0 bridgehead atoms. The van der Waals surface area contributed by atoms with Crippen LogP contribution in [0.15, 0.2) is 18.2 Å². The van der Waals surface area contributed by atoms with Crippen molar-refractivity contribution in [1.29, 1.82) is 0 Å². The van der Waals surface area contributed by atoms with Gasteiger partial charge in [0, 0.05) is 36.8 Å². The number of hydrogen-bond donors (Lipinski definition) is 0. The standard InChI is InChI=1S/C35H67NO3P2/c1-5-9-13-17-21-28-40(38,29-22-18-14-10-6-2)32-34-26-25-27-35(36(34)37)33-41(39,30-23-19-15-11-7-3)31-24-20-16-12-8-4/h25-27H,5-24,28-33H2,1-4H3. The van der Waals surface area contributed by atoms with Crippen LogP contribution in [0.25, 0.3) is 0 Å². The lowest BCUT2D eigenvalue weighted by Crippen LogP contribution is -2.37. The summed E-state index contributed by atoms with van der Waals surface area (Å²) in [4.78, 5) is 0. The zero-order chi connectivity index (χ0) is 30.2. The zero-order valence-electron chi connectivity index (χ0n) is 27.7. The molecule has 41 heavy (non-hydrogen) atoms. The van der Waals surface area contributed by atoms with E-state index in [1.807, 2.05) is 18.2 Å². The maximum Gasteiger partial charge on any atom is 0.200 e. The lowest BCUT2D eigenvalue weighted by Gasteiger charge is -2.21. The zero-order valence-corrected chi connectivity index (χ0v) is 29.5. The molecule has 0 saturated heterocycles. The fourth-order valence-electron chi connectivity index (χ4n) is 5.97. The van der Waals surface area contributed by atoms with Crippen molar-refractivity contribution in [3.63, 3.8) is 0 Å². The predicted octanol–water partition coefficient (Wildman–Crippen LogP) is 11.9. The van der Waals surface area contributed by atoms with Crippen molar-refractivity contribution in [3.05, 3.63) is 34.8 Å². The molecule has 0 unspecified atom stereocenters. The predicted molar refractivity (Wildman–Crippen MR) is 183 cm³/mol. The average Bonchev–Trinajstić information content (AvgIpc) is 2.95. The second-order valence-corrected chi connectivity index (χ2v) is 19.4. The highest BCUT2D eigenvalue weighted by Gasteiger charge is 2.29. The van der Waals surface area contributed by atoms with Gasteiger partial charge in [-0.1, -0.05) is 130 Å². The van der Waals surface area contributed by atoms with Gasteiger partial charge in [0.1, 0.15) is 0 Å². The molecule has 6 heteroatoms. The molecule has 240 valence electrons. The SMILES string of the molecule is CCCCCCCP(=O)(CCCCCCC)Cc1cccc(CP(=O)(CCCCCCC)CCCCCCC)[n+]1[O-]. The number of nitrogens with zero attached hydrogens (tertiary/aromatic N) is 1. The van der Waals surface area contributed by atoms with Gasteiger partial charge in [-0.2, -0.15) is 4.73 Å². The molecular formula is C35H67NO3P2. The van der Waals surface area contributed by atoms with Gasteiger partial charge in [-0.25, -0.2) is 0 Å². The smallest absolute Gasteiger partial charge is 0.200 e. The van der Waals surface area contributed by atoms with Crippen LogP contribution in [0, 0.1) is 5.21 Å². The average molecular weight is 612 g/mol. The minimum absolute atomic E-state index is 0.393. The van der Waals surface area contributed by atoms with Gasteiger partial charge in [0.05, 0.1) is 26.6 Å². The topological polar surface area (TPSA) is 61.1 Å². The van der Waals surface area contributed by atoms with Gasteiger partial charge in [0.25, 0.3) is 0 Å². The monoisotopic (exact) mass is 611 g/mol. The molecule has 1 aromatic rings. The van der Waals surface area contributed by atoms with Crippen LogP contribution < -0.4 is 4.73 Å². The summed E-state index contributed by atoms with van der Waals surface area (Å²) in [6.07, 6.45) is 26.9. The molecule has 0 spiro atoms. The Kier molecular flexibility index (Phi) is 22.3. The van der Waals surface area contributed by atoms with E-state index in [-0.39, 0.29) is 0 Å². The van der Waals surface area contributed by atoms with Crippen molar-refractivity contribution in [1.82, 2.24) is 0 Å². The van der Waals surface area contributed by atoms with Crippen LogP contribution in [-0.2, 0) is 21.5 Å². The van der Waals surface area contributed by atoms with Gasteiger partial charge in [0.2, 0.25) is 0 Å². The third-order valence-electron chi connectivity index (χ3n) is 8.68. The summed E-state index contributed by atoms with van der Waals surface area (Å²) in [5.74, 6) is 0. The maximum atomic E-state index is 14.2. The molecule has 1 aromatic heterocycles. The second-order valence-electron chi connectivity index (χ2n) is 12.8. The lowest BCUT2D eigenvalue weighted by atomic mass is 10.2. The Hall–Kier alpha value is -0.590. The van der Waals surface area contributed by atoms with E-state index in [4.69, 9.17) is 0 Å². The molecule has 0 aliphatic rings. The molecule has 0 fully saturated rings. The Morgan fingerprint density at radius 3 is 1.02 bits per heavy atom. The summed E-state index contributed by atoms with van der Waals surface area (Å²) in [6, 6.07) is 5.69. The molecule has 1 rings (SSSR count). The van der Waals surface area contributed by atoms with Gasteiger partial charge >= 0.3 is 0 Å². The summed E-state index contributed by atoms with van der Waals surface area (Å²) >= 11 is 0. The first-order valence-corrected chi connectivity index (χ1v) is 22.2. The lowest BCUT2D eigenvalue weighted by molar-refractivity contribution is -0.620. The van der Waals surface area contributed by atoms with Gasteiger partial charge in [-0.15, -0.1) is 0 Å². The van der Waals surface area contributed by atoms with E-state index >= 15 is 0 Å². The van der Waals surface area contributed by atoms with E-state index in [0.29, 0.717) is 23.7 Å². The fraction of sp³-hybridized carbons (Fsp3) is 0.857. The van der Waals surface area contributed by atoms with Crippen molar-refractivity contribution >= 4 is 14.3 Å². The highest BCUT2D eigenvalue weighted by Crippen LogP contribution is 2.52. The van der Waals surface area contributed by atoms with E-state index in [0.717, 1.165) is 80.7 Å².